The first-order valence-corrected chi connectivity index (χ1v) is 8.54. The second-order valence-electron chi connectivity index (χ2n) is 6.11. The third-order valence-corrected chi connectivity index (χ3v) is 5.02. The molecule has 2 N–H and O–H groups in total. The zero-order valence-electron chi connectivity index (χ0n) is 13.1. The molecule has 1 atom stereocenters. The van der Waals surface area contributed by atoms with E-state index in [4.69, 9.17) is 0 Å². The Bertz CT molecular complexity index is 499. The quantitative estimate of drug-likeness (QED) is 0.542. The first kappa shape index (κ1) is 16.4. The molecule has 0 aromatic carbocycles. The summed E-state index contributed by atoms with van der Waals surface area (Å²) in [4.78, 5) is 11.4. The van der Waals surface area contributed by atoms with Crippen LogP contribution < -0.4 is 5.32 Å². The maximum Gasteiger partial charge on any atom is 0.323 e. The highest BCUT2D eigenvalue weighted by Gasteiger charge is 2.37. The van der Waals surface area contributed by atoms with Gasteiger partial charge in [0, 0.05) is 13.1 Å². The van der Waals surface area contributed by atoms with Gasteiger partial charge in [-0.15, -0.1) is 11.8 Å². The third kappa shape index (κ3) is 4.74. The van der Waals surface area contributed by atoms with Crippen molar-refractivity contribution in [3.63, 3.8) is 0 Å². The second-order valence-corrected chi connectivity index (χ2v) is 7.22. The van der Waals surface area contributed by atoms with E-state index >= 15 is 0 Å². The normalized spacial score (nSPS) is 17.7. The Morgan fingerprint density at radius 1 is 1.57 bits per heavy atom. The molecular formula is C15H25N3O2S. The number of rotatable bonds is 9. The molecule has 1 aromatic rings. The summed E-state index contributed by atoms with van der Waals surface area (Å²) in [5.74, 6) is 0.266. The van der Waals surface area contributed by atoms with Crippen molar-refractivity contribution < 1.29 is 9.90 Å². The number of carboxylic acids is 1. The second kappa shape index (κ2) is 6.83. The molecule has 1 fully saturated rings. The van der Waals surface area contributed by atoms with Crippen LogP contribution in [0.15, 0.2) is 11.1 Å². The molecule has 0 saturated heterocycles. The van der Waals surface area contributed by atoms with Crippen molar-refractivity contribution in [2.75, 3.05) is 5.75 Å². The predicted octanol–water partition coefficient (Wildman–Crippen LogP) is 2.59. The number of aromatic nitrogens is 2. The number of nitrogens with one attached hydrogen (secondary N) is 1. The van der Waals surface area contributed by atoms with Crippen LogP contribution in [0.4, 0.5) is 0 Å². The minimum atomic E-state index is -0.769. The van der Waals surface area contributed by atoms with Gasteiger partial charge in [-0.2, -0.15) is 5.10 Å². The monoisotopic (exact) mass is 311 g/mol. The van der Waals surface area contributed by atoms with Gasteiger partial charge in [-0.1, -0.05) is 6.42 Å². The first-order valence-electron chi connectivity index (χ1n) is 7.55. The van der Waals surface area contributed by atoms with E-state index in [0.29, 0.717) is 12.5 Å². The van der Waals surface area contributed by atoms with Crippen LogP contribution in [-0.4, -0.2) is 38.2 Å². The number of hydrogen-bond acceptors (Lipinski definition) is 4. The van der Waals surface area contributed by atoms with Crippen molar-refractivity contribution in [3.05, 3.63) is 11.8 Å². The van der Waals surface area contributed by atoms with Crippen LogP contribution in [0.5, 0.6) is 0 Å². The minimum Gasteiger partial charge on any atom is -0.480 e. The fourth-order valence-corrected chi connectivity index (χ4v) is 3.44. The average molecular weight is 311 g/mol. The van der Waals surface area contributed by atoms with Crippen molar-refractivity contribution in [2.45, 2.75) is 62.6 Å². The van der Waals surface area contributed by atoms with Gasteiger partial charge in [0.25, 0.3) is 0 Å². The molecule has 2 rings (SSSR count). The molecule has 1 aliphatic carbocycles. The van der Waals surface area contributed by atoms with Gasteiger partial charge in [-0.05, 0) is 51.3 Å². The summed E-state index contributed by atoms with van der Waals surface area (Å²) in [6.45, 7) is 3.80. The summed E-state index contributed by atoms with van der Waals surface area (Å²) in [6, 6.07) is 2.50. The standard InChI is InChI=1S/C15H25N3O2S/c1-11-10-13(18(3)17-11)21-9-5-4-8-15(2,14(19)20)16-12-6-7-12/h10,12,16H,4-9H2,1-3H3,(H,19,20). The lowest BCUT2D eigenvalue weighted by Gasteiger charge is -2.26. The van der Waals surface area contributed by atoms with Crippen LogP contribution in [0.25, 0.3) is 0 Å². The van der Waals surface area contributed by atoms with Gasteiger partial charge in [0.1, 0.15) is 5.54 Å². The topological polar surface area (TPSA) is 67.2 Å². The summed E-state index contributed by atoms with van der Waals surface area (Å²) >= 11 is 1.79. The van der Waals surface area contributed by atoms with E-state index in [-0.39, 0.29) is 0 Å². The Morgan fingerprint density at radius 3 is 2.81 bits per heavy atom. The third-order valence-electron chi connectivity index (χ3n) is 3.85. The van der Waals surface area contributed by atoms with Gasteiger partial charge in [0.05, 0.1) is 10.7 Å². The van der Waals surface area contributed by atoms with Gasteiger partial charge in [-0.3, -0.25) is 14.8 Å². The highest BCUT2D eigenvalue weighted by atomic mass is 32.2. The molecule has 118 valence electrons. The summed E-state index contributed by atoms with van der Waals surface area (Å²) in [5.41, 5.74) is 0.265. The Kier molecular flexibility index (Phi) is 5.32. The zero-order valence-corrected chi connectivity index (χ0v) is 13.9. The number of carbonyl (C=O) groups is 1. The first-order chi connectivity index (χ1) is 9.90. The van der Waals surface area contributed by atoms with E-state index < -0.39 is 11.5 Å². The van der Waals surface area contributed by atoms with Gasteiger partial charge in [0.2, 0.25) is 0 Å². The molecule has 21 heavy (non-hydrogen) atoms. The van der Waals surface area contributed by atoms with Gasteiger partial charge in [-0.25, -0.2) is 0 Å². The van der Waals surface area contributed by atoms with Gasteiger partial charge >= 0.3 is 5.97 Å². The zero-order chi connectivity index (χ0) is 15.5. The summed E-state index contributed by atoms with van der Waals surface area (Å²) in [6.07, 6.45) is 4.84. The van der Waals surface area contributed by atoms with E-state index in [0.717, 1.165) is 37.1 Å². The molecule has 0 amide bonds. The van der Waals surface area contributed by atoms with E-state index in [9.17, 15) is 9.90 Å². The number of hydrogen-bond donors (Lipinski definition) is 2. The van der Waals surface area contributed by atoms with Crippen LogP contribution in [0, 0.1) is 6.92 Å². The number of carboxylic acid groups (broad SMARTS) is 1. The van der Waals surface area contributed by atoms with Crippen LogP contribution in [-0.2, 0) is 11.8 Å². The Morgan fingerprint density at radius 2 is 2.29 bits per heavy atom. The smallest absolute Gasteiger partial charge is 0.323 e. The Hall–Kier alpha value is -1.01. The molecule has 0 radical (unpaired) electrons. The SMILES string of the molecule is Cc1cc(SCCCCC(C)(NC2CC2)C(=O)O)n(C)n1. The fourth-order valence-electron chi connectivity index (χ4n) is 2.40. The molecule has 0 aliphatic heterocycles. The number of nitrogens with zero attached hydrogens (tertiary/aromatic N) is 2. The summed E-state index contributed by atoms with van der Waals surface area (Å²) in [7, 11) is 1.95. The molecule has 6 heteroatoms. The van der Waals surface area contributed by atoms with Crippen molar-refractivity contribution in [3.8, 4) is 0 Å². The molecule has 1 unspecified atom stereocenters. The number of thioether (sulfide) groups is 1. The molecule has 1 heterocycles. The van der Waals surface area contributed by atoms with Crippen LogP contribution in [0.1, 0.15) is 44.7 Å². The average Bonchev–Trinajstić information content (AvgIpc) is 3.14. The lowest BCUT2D eigenvalue weighted by molar-refractivity contribution is -0.144. The summed E-state index contributed by atoms with van der Waals surface area (Å²) < 4.78 is 1.90. The predicted molar refractivity (Wildman–Crippen MR) is 84.7 cm³/mol. The highest BCUT2D eigenvalue weighted by Crippen LogP contribution is 2.26. The Labute approximate surface area is 130 Å². The summed E-state index contributed by atoms with van der Waals surface area (Å²) in [5, 5.41) is 18.2. The number of aryl methyl sites for hydroxylation is 2. The lowest BCUT2D eigenvalue weighted by Crippen LogP contribution is -2.50. The highest BCUT2D eigenvalue weighted by molar-refractivity contribution is 7.99. The molecule has 1 saturated carbocycles. The number of unbranched alkanes of at least 4 members (excludes halogenated alkanes) is 1. The van der Waals surface area contributed by atoms with E-state index in [1.165, 1.54) is 5.03 Å². The van der Waals surface area contributed by atoms with Crippen molar-refractivity contribution in [1.29, 1.82) is 0 Å². The van der Waals surface area contributed by atoms with Crippen LogP contribution >= 0.6 is 11.8 Å². The molecule has 1 aliphatic rings. The molecule has 1 aromatic heterocycles. The van der Waals surface area contributed by atoms with Crippen molar-refractivity contribution in [1.82, 2.24) is 15.1 Å². The molecule has 0 spiro atoms. The molecular weight excluding hydrogens is 286 g/mol. The lowest BCUT2D eigenvalue weighted by atomic mass is 9.95. The van der Waals surface area contributed by atoms with E-state index in [2.05, 4.69) is 16.5 Å². The van der Waals surface area contributed by atoms with Gasteiger partial charge in [0.15, 0.2) is 0 Å². The largest absolute Gasteiger partial charge is 0.480 e. The van der Waals surface area contributed by atoms with Crippen LogP contribution in [0.2, 0.25) is 0 Å². The molecule has 5 nitrogen and oxygen atoms in total. The van der Waals surface area contributed by atoms with E-state index in [1.54, 1.807) is 11.8 Å². The fraction of sp³-hybridized carbons (Fsp3) is 0.733. The van der Waals surface area contributed by atoms with E-state index in [1.807, 2.05) is 25.6 Å². The van der Waals surface area contributed by atoms with Crippen molar-refractivity contribution >= 4 is 17.7 Å². The maximum absolute atomic E-state index is 11.4. The van der Waals surface area contributed by atoms with Crippen molar-refractivity contribution in [2.24, 2.45) is 7.05 Å². The maximum atomic E-state index is 11.4. The van der Waals surface area contributed by atoms with Gasteiger partial charge < -0.3 is 5.11 Å². The van der Waals surface area contributed by atoms with Crippen LogP contribution in [0.3, 0.4) is 0 Å². The number of aliphatic carboxylic acids is 1. The molecule has 0 bridgehead atoms. The Balaban J connectivity index is 1.70. The minimum absolute atomic E-state index is 0.415.